The molecule has 1 aromatic carbocycles. The van der Waals surface area contributed by atoms with Crippen molar-refractivity contribution < 1.29 is 28.2 Å². The minimum atomic E-state index is -1.49. The Bertz CT molecular complexity index is 505. The van der Waals surface area contributed by atoms with Gasteiger partial charge in [-0.2, -0.15) is 0 Å². The van der Waals surface area contributed by atoms with E-state index in [2.05, 4.69) is 4.74 Å². The number of aromatic carboxylic acids is 1. The Morgan fingerprint density at radius 1 is 1.37 bits per heavy atom. The van der Waals surface area contributed by atoms with Crippen molar-refractivity contribution in [1.82, 2.24) is 0 Å². The van der Waals surface area contributed by atoms with Gasteiger partial charge in [-0.3, -0.25) is 4.79 Å². The van der Waals surface area contributed by atoms with Crippen LogP contribution in [0.1, 0.15) is 23.7 Å². The second-order valence-electron chi connectivity index (χ2n) is 3.61. The number of thioether (sulfide) groups is 1. The third-order valence-electron chi connectivity index (χ3n) is 2.36. The zero-order valence-corrected chi connectivity index (χ0v) is 11.1. The van der Waals surface area contributed by atoms with Crippen molar-refractivity contribution in [1.29, 1.82) is 0 Å². The third-order valence-corrected chi connectivity index (χ3v) is 3.73. The average molecular weight is 290 g/mol. The van der Waals surface area contributed by atoms with Crippen molar-refractivity contribution in [2.45, 2.75) is 23.5 Å². The van der Waals surface area contributed by atoms with E-state index in [1.165, 1.54) is 7.11 Å². The van der Waals surface area contributed by atoms with E-state index in [4.69, 9.17) is 5.11 Å². The van der Waals surface area contributed by atoms with Crippen LogP contribution in [0.15, 0.2) is 17.0 Å². The molecule has 0 radical (unpaired) electrons. The molecule has 1 atom stereocenters. The third kappa shape index (κ3) is 3.66. The maximum Gasteiger partial charge on any atom is 0.338 e. The highest BCUT2D eigenvalue weighted by molar-refractivity contribution is 8.00. The lowest BCUT2D eigenvalue weighted by molar-refractivity contribution is -0.140. The van der Waals surface area contributed by atoms with Gasteiger partial charge in [-0.25, -0.2) is 13.6 Å². The minimum absolute atomic E-state index is 0.101. The number of carboxylic acids is 1. The Morgan fingerprint density at radius 2 is 2.00 bits per heavy atom. The minimum Gasteiger partial charge on any atom is -0.478 e. The fraction of sp³-hybridized carbons (Fsp3) is 0.333. The molecular formula is C12H12F2O4S. The highest BCUT2D eigenvalue weighted by atomic mass is 32.2. The van der Waals surface area contributed by atoms with Gasteiger partial charge in [0.1, 0.15) is 16.9 Å². The van der Waals surface area contributed by atoms with Crippen LogP contribution in [0.3, 0.4) is 0 Å². The van der Waals surface area contributed by atoms with Crippen molar-refractivity contribution >= 4 is 23.7 Å². The quantitative estimate of drug-likeness (QED) is 0.667. The first-order valence-corrected chi connectivity index (χ1v) is 6.25. The molecule has 1 unspecified atom stereocenters. The van der Waals surface area contributed by atoms with Crippen LogP contribution < -0.4 is 0 Å². The maximum atomic E-state index is 13.6. The Labute approximate surface area is 112 Å². The standard InChI is InChI=1S/C12H12F2O4S/c1-3-9(12(17)18-2)19-10-4-6(11(15)16)7(13)5-8(10)14/h4-5,9H,3H2,1-2H3,(H,15,16). The molecule has 0 saturated carbocycles. The SMILES string of the molecule is CCC(Sc1cc(C(=O)O)c(F)cc1F)C(=O)OC. The van der Waals surface area contributed by atoms with Gasteiger partial charge in [0, 0.05) is 11.0 Å². The van der Waals surface area contributed by atoms with Gasteiger partial charge in [0.25, 0.3) is 0 Å². The average Bonchev–Trinajstić information content (AvgIpc) is 2.36. The highest BCUT2D eigenvalue weighted by Gasteiger charge is 2.22. The molecule has 1 N–H and O–H groups in total. The molecule has 0 heterocycles. The topological polar surface area (TPSA) is 63.6 Å². The number of rotatable bonds is 5. The fourth-order valence-electron chi connectivity index (χ4n) is 1.37. The first-order valence-electron chi connectivity index (χ1n) is 5.37. The number of carbonyl (C=O) groups is 2. The van der Waals surface area contributed by atoms with E-state index in [1.807, 2.05) is 0 Å². The molecule has 0 aliphatic heterocycles. The Kier molecular flexibility index (Phi) is 5.29. The highest BCUT2D eigenvalue weighted by Crippen LogP contribution is 2.30. The molecule has 4 nitrogen and oxygen atoms in total. The van der Waals surface area contributed by atoms with Crippen LogP contribution in [-0.4, -0.2) is 29.4 Å². The Morgan fingerprint density at radius 3 is 2.47 bits per heavy atom. The summed E-state index contributed by atoms with van der Waals surface area (Å²) in [5.41, 5.74) is -0.636. The van der Waals surface area contributed by atoms with Gasteiger partial charge in [-0.1, -0.05) is 6.92 Å². The molecule has 0 amide bonds. The number of methoxy groups -OCH3 is 1. The summed E-state index contributed by atoms with van der Waals surface area (Å²) in [5, 5.41) is 8.09. The zero-order chi connectivity index (χ0) is 14.6. The molecule has 19 heavy (non-hydrogen) atoms. The number of carboxylic acid groups (broad SMARTS) is 1. The molecule has 0 spiro atoms. The first kappa shape index (κ1) is 15.4. The summed E-state index contributed by atoms with van der Waals surface area (Å²) >= 11 is 0.809. The van der Waals surface area contributed by atoms with E-state index in [9.17, 15) is 18.4 Å². The predicted molar refractivity (Wildman–Crippen MR) is 65.3 cm³/mol. The molecule has 0 aliphatic carbocycles. The van der Waals surface area contributed by atoms with Crippen LogP contribution >= 0.6 is 11.8 Å². The Hall–Kier alpha value is -1.63. The number of halogens is 2. The van der Waals surface area contributed by atoms with Gasteiger partial charge in [0.05, 0.1) is 12.7 Å². The molecule has 1 aromatic rings. The lowest BCUT2D eigenvalue weighted by Gasteiger charge is -2.13. The summed E-state index contributed by atoms with van der Waals surface area (Å²) in [6, 6.07) is 1.37. The lowest BCUT2D eigenvalue weighted by atomic mass is 10.2. The van der Waals surface area contributed by atoms with E-state index < -0.39 is 34.4 Å². The van der Waals surface area contributed by atoms with Crippen LogP contribution in [0, 0.1) is 11.6 Å². The number of benzene rings is 1. The van der Waals surface area contributed by atoms with Gasteiger partial charge < -0.3 is 9.84 Å². The van der Waals surface area contributed by atoms with E-state index in [1.54, 1.807) is 6.92 Å². The second kappa shape index (κ2) is 6.51. The van der Waals surface area contributed by atoms with Crippen molar-refractivity contribution in [2.24, 2.45) is 0 Å². The van der Waals surface area contributed by atoms with Crippen LogP contribution in [0.5, 0.6) is 0 Å². The second-order valence-corrected chi connectivity index (χ2v) is 4.85. The fourth-order valence-corrected chi connectivity index (χ4v) is 2.39. The number of carbonyl (C=O) groups excluding carboxylic acids is 1. The van der Waals surface area contributed by atoms with Crippen molar-refractivity contribution in [2.75, 3.05) is 7.11 Å². The predicted octanol–water partition coefficient (Wildman–Crippen LogP) is 2.71. The zero-order valence-electron chi connectivity index (χ0n) is 10.3. The number of ether oxygens (including phenoxy) is 1. The maximum absolute atomic E-state index is 13.6. The van der Waals surface area contributed by atoms with Crippen LogP contribution in [0.2, 0.25) is 0 Å². The van der Waals surface area contributed by atoms with Crippen molar-refractivity contribution in [3.63, 3.8) is 0 Å². The normalized spacial score (nSPS) is 12.0. The Balaban J connectivity index is 3.10. The van der Waals surface area contributed by atoms with E-state index >= 15 is 0 Å². The van der Waals surface area contributed by atoms with Crippen LogP contribution in [0.25, 0.3) is 0 Å². The molecule has 1 rings (SSSR count). The summed E-state index contributed by atoms with van der Waals surface area (Å²) in [6.45, 7) is 1.70. The number of hydrogen-bond acceptors (Lipinski definition) is 4. The van der Waals surface area contributed by atoms with E-state index in [-0.39, 0.29) is 4.90 Å². The monoisotopic (exact) mass is 290 g/mol. The number of hydrogen-bond donors (Lipinski definition) is 1. The first-order chi connectivity index (χ1) is 8.90. The summed E-state index contributed by atoms with van der Waals surface area (Å²) in [6.07, 6.45) is 0.372. The molecule has 0 fully saturated rings. The molecular weight excluding hydrogens is 278 g/mol. The summed E-state index contributed by atoms with van der Waals surface area (Å²) in [7, 11) is 1.20. The molecule has 0 saturated heterocycles. The number of esters is 1. The van der Waals surface area contributed by atoms with Gasteiger partial charge in [0.2, 0.25) is 0 Å². The molecule has 104 valence electrons. The largest absolute Gasteiger partial charge is 0.478 e. The summed E-state index contributed by atoms with van der Waals surface area (Å²) in [5.74, 6) is -4.10. The summed E-state index contributed by atoms with van der Waals surface area (Å²) < 4.78 is 31.3. The van der Waals surface area contributed by atoms with E-state index in [0.29, 0.717) is 12.5 Å². The molecule has 0 bridgehead atoms. The van der Waals surface area contributed by atoms with Gasteiger partial charge in [-0.05, 0) is 12.5 Å². The molecule has 7 heteroatoms. The molecule has 0 aromatic heterocycles. The van der Waals surface area contributed by atoms with Gasteiger partial charge in [0.15, 0.2) is 0 Å². The van der Waals surface area contributed by atoms with Crippen LogP contribution in [0.4, 0.5) is 8.78 Å². The van der Waals surface area contributed by atoms with Crippen molar-refractivity contribution in [3.8, 4) is 0 Å². The summed E-state index contributed by atoms with van der Waals surface area (Å²) in [4.78, 5) is 22.1. The molecule has 0 aliphatic rings. The smallest absolute Gasteiger partial charge is 0.338 e. The lowest BCUT2D eigenvalue weighted by Crippen LogP contribution is -2.18. The van der Waals surface area contributed by atoms with Crippen LogP contribution in [-0.2, 0) is 9.53 Å². The van der Waals surface area contributed by atoms with E-state index in [0.717, 1.165) is 17.8 Å². The van der Waals surface area contributed by atoms with Crippen molar-refractivity contribution in [3.05, 3.63) is 29.3 Å². The van der Waals surface area contributed by atoms with Gasteiger partial charge >= 0.3 is 11.9 Å². The van der Waals surface area contributed by atoms with Gasteiger partial charge in [-0.15, -0.1) is 11.8 Å².